The zero-order valence-corrected chi connectivity index (χ0v) is 10.7. The highest BCUT2D eigenvalue weighted by molar-refractivity contribution is 5.77. The molecule has 1 aliphatic carbocycles. The van der Waals surface area contributed by atoms with Gasteiger partial charge in [0, 0.05) is 30.9 Å². The van der Waals surface area contributed by atoms with E-state index in [1.165, 1.54) is 24.9 Å². The van der Waals surface area contributed by atoms with Crippen molar-refractivity contribution in [2.75, 3.05) is 11.9 Å². The molecule has 1 fully saturated rings. The first-order valence-corrected chi connectivity index (χ1v) is 6.56. The van der Waals surface area contributed by atoms with Crippen LogP contribution in [0.4, 0.5) is 5.69 Å². The van der Waals surface area contributed by atoms with E-state index in [2.05, 4.69) is 29.1 Å². The number of nitrogens with zero attached hydrogens (tertiary/aromatic N) is 2. The molecule has 2 aromatic rings. The quantitative estimate of drug-likeness (QED) is 0.883. The maximum Gasteiger partial charge on any atom is 0.181 e. The summed E-state index contributed by atoms with van der Waals surface area (Å²) in [6.07, 6.45) is 6.09. The number of nitrogens with two attached hydrogens (primary N) is 1. The normalized spacial score (nSPS) is 24.3. The summed E-state index contributed by atoms with van der Waals surface area (Å²) in [5.74, 6) is 0. The minimum atomic E-state index is 0.395. The average Bonchev–Trinajstić information content (AvgIpc) is 2.86. The number of aromatic nitrogens is 1. The van der Waals surface area contributed by atoms with E-state index < -0.39 is 0 Å². The van der Waals surface area contributed by atoms with Crippen molar-refractivity contribution in [3.63, 3.8) is 0 Å². The molecule has 1 heterocycles. The minimum absolute atomic E-state index is 0.395. The third-order valence-electron chi connectivity index (χ3n) is 4.01. The highest BCUT2D eigenvalue weighted by Crippen LogP contribution is 2.27. The Morgan fingerprint density at radius 1 is 1.28 bits per heavy atom. The molecule has 4 heteroatoms. The molecule has 18 heavy (non-hydrogen) atoms. The third-order valence-corrected chi connectivity index (χ3v) is 4.01. The van der Waals surface area contributed by atoms with Crippen LogP contribution in [0.2, 0.25) is 0 Å². The van der Waals surface area contributed by atoms with Crippen LogP contribution in [0.25, 0.3) is 11.1 Å². The number of anilines is 1. The lowest BCUT2D eigenvalue weighted by molar-refractivity contribution is 0.385. The summed E-state index contributed by atoms with van der Waals surface area (Å²) in [6, 6.07) is 7.17. The largest absolute Gasteiger partial charge is 0.443 e. The lowest BCUT2D eigenvalue weighted by atomic mass is 9.91. The molecule has 0 spiro atoms. The lowest BCUT2D eigenvalue weighted by Crippen LogP contribution is -2.38. The van der Waals surface area contributed by atoms with Gasteiger partial charge in [0.1, 0.15) is 5.52 Å². The molecular weight excluding hydrogens is 226 g/mol. The SMILES string of the molecule is CN(c1ccc2ncoc2c1)C1CCC(N)CC1. The molecule has 4 nitrogen and oxygen atoms in total. The fraction of sp³-hybridized carbons (Fsp3) is 0.500. The van der Waals surface area contributed by atoms with Crippen LogP contribution in [-0.2, 0) is 0 Å². The molecule has 0 amide bonds. The zero-order valence-electron chi connectivity index (χ0n) is 10.7. The van der Waals surface area contributed by atoms with Crippen molar-refractivity contribution < 1.29 is 4.42 Å². The van der Waals surface area contributed by atoms with Gasteiger partial charge in [-0.2, -0.15) is 0 Å². The first kappa shape index (κ1) is 11.5. The van der Waals surface area contributed by atoms with Gasteiger partial charge in [-0.25, -0.2) is 4.98 Å². The molecule has 0 bridgehead atoms. The molecule has 3 rings (SSSR count). The van der Waals surface area contributed by atoms with E-state index in [9.17, 15) is 0 Å². The Bertz CT molecular complexity index is 529. The fourth-order valence-electron chi connectivity index (χ4n) is 2.76. The monoisotopic (exact) mass is 245 g/mol. The van der Waals surface area contributed by atoms with Crippen molar-refractivity contribution in [2.24, 2.45) is 5.73 Å². The molecular formula is C14H19N3O. The second kappa shape index (κ2) is 4.61. The van der Waals surface area contributed by atoms with Crippen molar-refractivity contribution >= 4 is 16.8 Å². The number of rotatable bonds is 2. The van der Waals surface area contributed by atoms with E-state index >= 15 is 0 Å². The van der Waals surface area contributed by atoms with Gasteiger partial charge < -0.3 is 15.1 Å². The summed E-state index contributed by atoms with van der Waals surface area (Å²) in [5, 5.41) is 0. The molecule has 96 valence electrons. The second-order valence-electron chi connectivity index (χ2n) is 5.18. The van der Waals surface area contributed by atoms with Crippen LogP contribution in [0.5, 0.6) is 0 Å². The Hall–Kier alpha value is -1.55. The lowest BCUT2D eigenvalue weighted by Gasteiger charge is -2.34. The number of oxazole rings is 1. The van der Waals surface area contributed by atoms with Crippen LogP contribution in [0.3, 0.4) is 0 Å². The third kappa shape index (κ3) is 2.08. The summed E-state index contributed by atoms with van der Waals surface area (Å²) in [7, 11) is 2.15. The van der Waals surface area contributed by atoms with Crippen molar-refractivity contribution in [3.05, 3.63) is 24.6 Å². The van der Waals surface area contributed by atoms with Gasteiger partial charge in [0.15, 0.2) is 12.0 Å². The van der Waals surface area contributed by atoms with E-state index in [4.69, 9.17) is 10.2 Å². The van der Waals surface area contributed by atoms with Gasteiger partial charge in [-0.1, -0.05) is 0 Å². The molecule has 2 N–H and O–H groups in total. The first-order valence-electron chi connectivity index (χ1n) is 6.56. The topological polar surface area (TPSA) is 55.3 Å². The van der Waals surface area contributed by atoms with E-state index in [0.29, 0.717) is 12.1 Å². The van der Waals surface area contributed by atoms with Crippen molar-refractivity contribution in [3.8, 4) is 0 Å². The van der Waals surface area contributed by atoms with Crippen molar-refractivity contribution in [1.29, 1.82) is 0 Å². The summed E-state index contributed by atoms with van der Waals surface area (Å²) in [4.78, 5) is 6.48. The van der Waals surface area contributed by atoms with Crippen molar-refractivity contribution in [2.45, 2.75) is 37.8 Å². The van der Waals surface area contributed by atoms with E-state index in [-0.39, 0.29) is 0 Å². The Balaban J connectivity index is 1.80. The molecule has 0 atom stereocenters. The van der Waals surface area contributed by atoms with Crippen LogP contribution in [-0.4, -0.2) is 24.1 Å². The van der Waals surface area contributed by atoms with Gasteiger partial charge in [0.25, 0.3) is 0 Å². The first-order chi connectivity index (χ1) is 8.74. The van der Waals surface area contributed by atoms with E-state index in [0.717, 1.165) is 23.9 Å². The van der Waals surface area contributed by atoms with Crippen LogP contribution >= 0.6 is 0 Å². The van der Waals surface area contributed by atoms with Crippen LogP contribution in [0, 0.1) is 0 Å². The summed E-state index contributed by atoms with van der Waals surface area (Å²) < 4.78 is 5.36. The Kier molecular flexibility index (Phi) is 2.96. The van der Waals surface area contributed by atoms with Gasteiger partial charge in [-0.15, -0.1) is 0 Å². The van der Waals surface area contributed by atoms with Gasteiger partial charge in [0.2, 0.25) is 0 Å². The summed E-state index contributed by atoms with van der Waals surface area (Å²) in [5.41, 5.74) is 8.92. The highest BCUT2D eigenvalue weighted by atomic mass is 16.3. The Morgan fingerprint density at radius 3 is 2.83 bits per heavy atom. The number of benzene rings is 1. The maximum atomic E-state index is 5.95. The Labute approximate surface area is 107 Å². The van der Waals surface area contributed by atoms with Gasteiger partial charge in [-0.05, 0) is 37.8 Å². The smallest absolute Gasteiger partial charge is 0.181 e. The molecule has 0 unspecified atom stereocenters. The number of hydrogen-bond donors (Lipinski definition) is 1. The summed E-state index contributed by atoms with van der Waals surface area (Å²) in [6.45, 7) is 0. The van der Waals surface area contributed by atoms with Crippen LogP contribution in [0.1, 0.15) is 25.7 Å². The molecule has 0 aliphatic heterocycles. The second-order valence-corrected chi connectivity index (χ2v) is 5.18. The molecule has 1 aliphatic rings. The summed E-state index contributed by atoms with van der Waals surface area (Å²) >= 11 is 0. The highest BCUT2D eigenvalue weighted by Gasteiger charge is 2.22. The van der Waals surface area contributed by atoms with Gasteiger partial charge in [0.05, 0.1) is 0 Å². The van der Waals surface area contributed by atoms with Gasteiger partial charge in [-0.3, -0.25) is 0 Å². The van der Waals surface area contributed by atoms with E-state index in [1.807, 2.05) is 6.07 Å². The fourth-order valence-corrected chi connectivity index (χ4v) is 2.76. The van der Waals surface area contributed by atoms with Crippen LogP contribution < -0.4 is 10.6 Å². The molecule has 0 radical (unpaired) electrons. The average molecular weight is 245 g/mol. The van der Waals surface area contributed by atoms with Gasteiger partial charge >= 0.3 is 0 Å². The van der Waals surface area contributed by atoms with E-state index in [1.54, 1.807) is 0 Å². The molecule has 1 aromatic heterocycles. The molecule has 1 saturated carbocycles. The van der Waals surface area contributed by atoms with Crippen LogP contribution in [0.15, 0.2) is 29.0 Å². The zero-order chi connectivity index (χ0) is 12.5. The Morgan fingerprint density at radius 2 is 2.06 bits per heavy atom. The maximum absolute atomic E-state index is 5.95. The molecule has 0 saturated heterocycles. The predicted octanol–water partition coefficient (Wildman–Crippen LogP) is 2.53. The molecule has 1 aromatic carbocycles. The predicted molar refractivity (Wildman–Crippen MR) is 72.6 cm³/mol. The number of fused-ring (bicyclic) bond motifs is 1. The standard InChI is InChI=1S/C14H19N3O/c1-17(11-4-2-10(15)3-5-11)12-6-7-13-14(8-12)18-9-16-13/h6-11H,2-5,15H2,1H3. The number of hydrogen-bond acceptors (Lipinski definition) is 4. The minimum Gasteiger partial charge on any atom is -0.443 e. The van der Waals surface area contributed by atoms with Crippen molar-refractivity contribution in [1.82, 2.24) is 4.98 Å².